The minimum Gasteiger partial charge on any atom is -0.356 e. The molecule has 0 atom stereocenters. The van der Waals surface area contributed by atoms with Crippen molar-refractivity contribution < 1.29 is 4.39 Å². The van der Waals surface area contributed by atoms with Crippen molar-refractivity contribution in [1.82, 2.24) is 95.3 Å². The Hall–Kier alpha value is -13.5. The van der Waals surface area contributed by atoms with Gasteiger partial charge in [0.2, 0.25) is 17.8 Å². The van der Waals surface area contributed by atoms with Crippen molar-refractivity contribution in [2.24, 2.45) is 4.99 Å². The molecular formula is C79H61ClFN23. The molecule has 23 nitrogen and oxygen atoms in total. The van der Waals surface area contributed by atoms with Crippen molar-refractivity contribution in [2.75, 3.05) is 67.1 Å². The molecule has 0 amide bonds. The van der Waals surface area contributed by atoms with Gasteiger partial charge in [0.1, 0.15) is 45.8 Å². The number of piperazine rings is 1. The Morgan fingerprint density at radius 1 is 0.394 bits per heavy atom. The van der Waals surface area contributed by atoms with Crippen LogP contribution in [-0.4, -0.2) is 153 Å². The molecule has 18 rings (SSSR count). The molecule has 9 aromatic heterocycles. The fraction of sp³-hybridized carbons (Fsp3) is 0.165. The van der Waals surface area contributed by atoms with E-state index >= 15 is 0 Å². The second-order valence-corrected chi connectivity index (χ2v) is 25.3. The highest BCUT2D eigenvalue weighted by Crippen LogP contribution is 2.33. The molecule has 4 aliphatic heterocycles. The number of aromatic nitrogens is 18. The predicted octanol–water partition coefficient (Wildman–Crippen LogP) is 11.8. The second kappa shape index (κ2) is 30.1. The SMILES string of the molecule is C(#Cc1ccnc(-c2ccnc(N3CCN(C4=NC=CC4)CC3)n2)n1)c1ccc2[nH]ncc2c1.Clc1ccc(C2CN(c3nccc(-c4nccc(C#Cc5ccc6[nH]ncc6c5)n4)n3)C2)cc1.Fc1ccc(C2CCN(c3nccc(-c4nccc(C#Cc5ccc6[nH]ncc6c5)n4)n3)CC2)cc1. The van der Waals surface area contributed by atoms with Crippen LogP contribution in [0, 0.1) is 41.3 Å². The van der Waals surface area contributed by atoms with E-state index in [0.717, 1.165) is 132 Å². The minimum atomic E-state index is -0.200. The molecular weight excluding hydrogens is 1330 g/mol. The zero-order chi connectivity index (χ0) is 70.0. The molecule has 0 spiro atoms. The van der Waals surface area contributed by atoms with E-state index < -0.39 is 0 Å². The highest BCUT2D eigenvalue weighted by Gasteiger charge is 2.31. The Labute approximate surface area is 601 Å². The molecule has 14 aromatic rings. The van der Waals surface area contributed by atoms with Crippen LogP contribution in [0.5, 0.6) is 0 Å². The third kappa shape index (κ3) is 15.4. The van der Waals surface area contributed by atoms with Crippen molar-refractivity contribution in [3.8, 4) is 70.1 Å². The van der Waals surface area contributed by atoms with Crippen LogP contribution in [-0.2, 0) is 0 Å². The van der Waals surface area contributed by atoms with Crippen LogP contribution in [0.15, 0.2) is 213 Å². The summed E-state index contributed by atoms with van der Waals surface area (Å²) in [5.74, 6) is 24.3. The molecule has 4 aliphatic rings. The van der Waals surface area contributed by atoms with Crippen molar-refractivity contribution in [3.63, 3.8) is 0 Å². The number of nitrogens with one attached hydrogen (secondary N) is 3. The first kappa shape index (κ1) is 65.1. The second-order valence-electron chi connectivity index (χ2n) is 24.9. The quantitative estimate of drug-likeness (QED) is 0.119. The number of fused-ring (bicyclic) bond motifs is 3. The number of amidine groups is 1. The summed E-state index contributed by atoms with van der Waals surface area (Å²) in [4.78, 5) is 68.0. The van der Waals surface area contributed by atoms with E-state index in [1.165, 1.54) is 23.3 Å². The molecule has 0 aliphatic carbocycles. The predicted molar refractivity (Wildman–Crippen MR) is 397 cm³/mol. The summed E-state index contributed by atoms with van der Waals surface area (Å²) in [5, 5.41) is 24.8. The Balaban J connectivity index is 0.000000120. The maximum atomic E-state index is 13.3. The topological polar surface area (TPSA) is 266 Å². The number of rotatable bonds is 8. The van der Waals surface area contributed by atoms with Gasteiger partial charge in [-0.25, -0.2) is 69.2 Å². The molecule has 0 unspecified atom stereocenters. The van der Waals surface area contributed by atoms with Crippen LogP contribution in [0.1, 0.15) is 76.0 Å². The van der Waals surface area contributed by atoms with E-state index in [4.69, 9.17) is 26.6 Å². The number of nitrogens with zero attached hydrogens (tertiary/aromatic N) is 20. The average Bonchev–Trinajstić information content (AvgIpc) is 1.09. The Morgan fingerprint density at radius 3 is 1.24 bits per heavy atom. The van der Waals surface area contributed by atoms with Gasteiger partial charge in [-0.05, 0) is 163 Å². The molecule has 25 heteroatoms. The van der Waals surface area contributed by atoms with Crippen LogP contribution in [0.3, 0.4) is 0 Å². The number of benzene rings is 5. The molecule has 104 heavy (non-hydrogen) atoms. The molecule has 3 fully saturated rings. The standard InChI is InChI=1S/C28H22FN7.C26H18ClN7.C25H21N9/c29-23-5-3-20(4-6-23)21-11-15-36(16-12-21)28-31-14-10-26(34-28)27-30-13-9-24(33-27)7-1-19-2-8-25-22(17-19)18-32-35-25;27-21-5-3-18(4-6-21)20-15-34(16-20)26-29-12-10-24(32-26)25-28-11-9-22(31-25)7-1-17-2-8-23-19(13-17)14-30-33-23;1-2-23(26-9-1)33-12-14-34(15-13-33)25-28-11-8-22(31-25)24-27-10-7-20(30-24)5-3-18-4-6-21-19(16-18)17-29-32-21/h2-6,8-10,13-14,17-18,21H,11-12,15-16H2,(H,32,35);2-6,8-14,20H,15-16H2,(H,30,33);1,4,6-11,16-17H,2,12-15H2,(H,29,32). The number of aromatic amines is 3. The van der Waals surface area contributed by atoms with Crippen molar-refractivity contribution in [1.29, 1.82) is 0 Å². The summed E-state index contributed by atoms with van der Waals surface area (Å²) in [5.41, 5.74) is 12.0. The number of aliphatic imine (C=N–C) groups is 1. The Bertz CT molecular complexity index is 5700. The van der Waals surface area contributed by atoms with Crippen molar-refractivity contribution >= 4 is 68.0 Å². The van der Waals surface area contributed by atoms with Gasteiger partial charge in [-0.3, -0.25) is 15.3 Å². The zero-order valence-electron chi connectivity index (χ0n) is 55.8. The summed E-state index contributed by atoms with van der Waals surface area (Å²) in [6, 6.07) is 43.4. The van der Waals surface area contributed by atoms with E-state index in [2.05, 4.69) is 154 Å². The fourth-order valence-electron chi connectivity index (χ4n) is 12.5. The lowest BCUT2D eigenvalue weighted by Gasteiger charge is -2.39. The first-order chi connectivity index (χ1) is 51.2. The fourth-order valence-corrected chi connectivity index (χ4v) is 12.6. The van der Waals surface area contributed by atoms with Crippen molar-refractivity contribution in [3.05, 3.63) is 263 Å². The molecule has 0 bridgehead atoms. The largest absolute Gasteiger partial charge is 0.356 e. The zero-order valence-corrected chi connectivity index (χ0v) is 56.5. The summed E-state index contributed by atoms with van der Waals surface area (Å²) in [7, 11) is 0. The summed E-state index contributed by atoms with van der Waals surface area (Å²) in [6.07, 6.45) is 22.5. The average molecular weight is 1390 g/mol. The molecule has 5 aromatic carbocycles. The van der Waals surface area contributed by atoms with Crippen LogP contribution >= 0.6 is 11.6 Å². The highest BCUT2D eigenvalue weighted by atomic mass is 35.5. The van der Waals surface area contributed by atoms with Gasteiger partial charge in [0.05, 0.1) is 35.1 Å². The van der Waals surface area contributed by atoms with Gasteiger partial charge in [-0.2, -0.15) is 15.3 Å². The number of hydrogen-bond acceptors (Lipinski definition) is 20. The number of H-pyrrole nitrogens is 3. The summed E-state index contributed by atoms with van der Waals surface area (Å²) < 4.78 is 13.3. The van der Waals surface area contributed by atoms with Gasteiger partial charge >= 0.3 is 0 Å². The first-order valence-electron chi connectivity index (χ1n) is 33.8. The van der Waals surface area contributed by atoms with Gasteiger partial charge in [0.25, 0.3) is 0 Å². The molecule has 13 heterocycles. The van der Waals surface area contributed by atoms with Gasteiger partial charge in [0, 0.05) is 146 Å². The number of hydrogen-bond donors (Lipinski definition) is 3. The van der Waals surface area contributed by atoms with Gasteiger partial charge < -0.3 is 19.6 Å². The lowest BCUT2D eigenvalue weighted by atomic mass is 9.89. The molecule has 0 saturated carbocycles. The Kier molecular flexibility index (Phi) is 18.9. The molecule has 506 valence electrons. The van der Waals surface area contributed by atoms with Gasteiger partial charge in [-0.1, -0.05) is 59.7 Å². The lowest BCUT2D eigenvalue weighted by molar-refractivity contribution is 0.379. The van der Waals surface area contributed by atoms with E-state index in [1.807, 2.05) is 103 Å². The number of anilines is 3. The van der Waals surface area contributed by atoms with Crippen molar-refractivity contribution in [2.45, 2.75) is 31.1 Å². The van der Waals surface area contributed by atoms with Gasteiger partial charge in [0.15, 0.2) is 17.5 Å². The maximum Gasteiger partial charge on any atom is 0.226 e. The van der Waals surface area contributed by atoms with E-state index in [9.17, 15) is 4.39 Å². The smallest absolute Gasteiger partial charge is 0.226 e. The molecule has 0 radical (unpaired) electrons. The summed E-state index contributed by atoms with van der Waals surface area (Å²) in [6.45, 7) is 6.88. The summed E-state index contributed by atoms with van der Waals surface area (Å²) >= 11 is 6.00. The number of halogens is 2. The van der Waals surface area contributed by atoms with Crippen LogP contribution in [0.25, 0.3) is 67.3 Å². The van der Waals surface area contributed by atoms with E-state index in [0.29, 0.717) is 81.3 Å². The van der Waals surface area contributed by atoms with E-state index in [1.54, 1.807) is 74.0 Å². The highest BCUT2D eigenvalue weighted by molar-refractivity contribution is 6.30. The first-order valence-corrected chi connectivity index (χ1v) is 34.2. The van der Waals surface area contributed by atoms with Crippen LogP contribution < -0.4 is 14.7 Å². The van der Waals surface area contributed by atoms with E-state index in [-0.39, 0.29) is 5.82 Å². The third-order valence-corrected chi connectivity index (χ3v) is 18.3. The monoisotopic (exact) mass is 1390 g/mol. The minimum absolute atomic E-state index is 0.200. The van der Waals surface area contributed by atoms with Crippen LogP contribution in [0.4, 0.5) is 22.2 Å². The number of piperidine rings is 1. The maximum absolute atomic E-state index is 13.3. The van der Waals surface area contributed by atoms with Crippen LogP contribution in [0.2, 0.25) is 5.02 Å². The Morgan fingerprint density at radius 2 is 0.798 bits per heavy atom. The third-order valence-electron chi connectivity index (χ3n) is 18.1. The lowest BCUT2D eigenvalue weighted by Crippen LogP contribution is -2.49. The van der Waals surface area contributed by atoms with Gasteiger partial charge in [-0.15, -0.1) is 0 Å². The normalized spacial score (nSPS) is 14.2. The molecule has 3 saturated heterocycles. The molecule has 3 N–H and O–H groups in total.